The van der Waals surface area contributed by atoms with Crippen molar-refractivity contribution in [1.29, 1.82) is 0 Å². The smallest absolute Gasteiger partial charge is 0.270 e. The summed E-state index contributed by atoms with van der Waals surface area (Å²) >= 11 is 0. The van der Waals surface area contributed by atoms with Gasteiger partial charge in [-0.05, 0) is 25.8 Å². The van der Waals surface area contributed by atoms with Crippen molar-refractivity contribution in [3.8, 4) is 0 Å². The van der Waals surface area contributed by atoms with Gasteiger partial charge in [-0.1, -0.05) is 0 Å². The van der Waals surface area contributed by atoms with Gasteiger partial charge in [-0.2, -0.15) is 0 Å². The minimum absolute atomic E-state index is 0.0392. The van der Waals surface area contributed by atoms with Crippen LogP contribution in [0.1, 0.15) is 40.6 Å². The lowest BCUT2D eigenvalue weighted by Gasteiger charge is -2.20. The van der Waals surface area contributed by atoms with Crippen LogP contribution in [0.3, 0.4) is 0 Å². The molecule has 2 rings (SSSR count). The number of nitrogens with one attached hydrogen (secondary N) is 1. The van der Waals surface area contributed by atoms with Crippen molar-refractivity contribution >= 4 is 11.7 Å². The molecule has 0 atom stereocenters. The van der Waals surface area contributed by atoms with Crippen LogP contribution < -0.4 is 0 Å². The molecule has 2 N–H and O–H groups in total. The fourth-order valence-corrected chi connectivity index (χ4v) is 1.82. The van der Waals surface area contributed by atoms with Crippen LogP contribution in [0.2, 0.25) is 0 Å². The molecular formula is C12H16N2O3. The molecule has 1 fully saturated rings. The third-order valence-electron chi connectivity index (χ3n) is 2.91. The second-order valence-corrected chi connectivity index (χ2v) is 4.31. The molecule has 0 radical (unpaired) electrons. The minimum Gasteiger partial charge on any atom is -0.395 e. The van der Waals surface area contributed by atoms with Crippen LogP contribution in [0.15, 0.2) is 12.3 Å². The Balaban J connectivity index is 2.13. The molecule has 0 spiro atoms. The van der Waals surface area contributed by atoms with E-state index < -0.39 is 0 Å². The maximum Gasteiger partial charge on any atom is 0.270 e. The van der Waals surface area contributed by atoms with Crippen molar-refractivity contribution < 1.29 is 14.7 Å². The van der Waals surface area contributed by atoms with Crippen LogP contribution in [0.4, 0.5) is 0 Å². The van der Waals surface area contributed by atoms with Gasteiger partial charge in [0.15, 0.2) is 5.78 Å². The van der Waals surface area contributed by atoms with Gasteiger partial charge in [-0.25, -0.2) is 0 Å². The van der Waals surface area contributed by atoms with Crippen LogP contribution in [0.25, 0.3) is 0 Å². The average Bonchev–Trinajstić information content (AvgIpc) is 3.00. The highest BCUT2D eigenvalue weighted by molar-refractivity contribution is 5.99. The number of hydrogen-bond donors (Lipinski definition) is 2. The first-order chi connectivity index (χ1) is 8.13. The highest BCUT2D eigenvalue weighted by atomic mass is 16.3. The molecule has 0 saturated heterocycles. The van der Waals surface area contributed by atoms with Crippen LogP contribution in [0.5, 0.6) is 0 Å². The molecule has 0 aromatic carbocycles. The van der Waals surface area contributed by atoms with Gasteiger partial charge in [0.2, 0.25) is 0 Å². The number of H-pyrrole nitrogens is 1. The van der Waals surface area contributed by atoms with Crippen LogP contribution in [-0.2, 0) is 0 Å². The van der Waals surface area contributed by atoms with Gasteiger partial charge in [0, 0.05) is 24.3 Å². The number of aromatic nitrogens is 1. The Kier molecular flexibility index (Phi) is 3.28. The molecule has 1 aliphatic carbocycles. The van der Waals surface area contributed by atoms with Crippen LogP contribution in [0, 0.1) is 0 Å². The van der Waals surface area contributed by atoms with Gasteiger partial charge < -0.3 is 15.0 Å². The largest absolute Gasteiger partial charge is 0.395 e. The summed E-state index contributed by atoms with van der Waals surface area (Å²) in [5, 5.41) is 8.94. The zero-order chi connectivity index (χ0) is 12.4. The van der Waals surface area contributed by atoms with Gasteiger partial charge in [0.1, 0.15) is 5.69 Å². The number of nitrogens with zero attached hydrogens (tertiary/aromatic N) is 1. The maximum absolute atomic E-state index is 12.1. The van der Waals surface area contributed by atoms with E-state index in [0.717, 1.165) is 12.8 Å². The predicted octanol–water partition coefficient (Wildman–Crippen LogP) is 0.814. The van der Waals surface area contributed by atoms with Crippen LogP contribution in [-0.4, -0.2) is 45.9 Å². The fourth-order valence-electron chi connectivity index (χ4n) is 1.82. The number of Topliss-reactive ketones (excluding diaryl/α,β-unsaturated/α-hetero) is 1. The summed E-state index contributed by atoms with van der Waals surface area (Å²) in [7, 11) is 0. The number of hydrogen-bond acceptors (Lipinski definition) is 3. The highest BCUT2D eigenvalue weighted by Crippen LogP contribution is 2.27. The number of aromatic amines is 1. The number of aliphatic hydroxyl groups excluding tert-OH is 1. The van der Waals surface area contributed by atoms with Crippen molar-refractivity contribution in [2.24, 2.45) is 0 Å². The van der Waals surface area contributed by atoms with E-state index >= 15 is 0 Å². The maximum atomic E-state index is 12.1. The van der Waals surface area contributed by atoms with E-state index in [-0.39, 0.29) is 24.3 Å². The lowest BCUT2D eigenvalue weighted by molar-refractivity contribution is 0.0702. The number of ketones is 1. The van der Waals surface area contributed by atoms with E-state index in [2.05, 4.69) is 4.98 Å². The molecule has 1 aromatic heterocycles. The SMILES string of the molecule is CC(=O)c1c[nH]c(C(=O)N(CCO)C2CC2)c1. The summed E-state index contributed by atoms with van der Waals surface area (Å²) < 4.78 is 0. The van der Waals surface area contributed by atoms with Gasteiger partial charge >= 0.3 is 0 Å². The Labute approximate surface area is 99.4 Å². The summed E-state index contributed by atoms with van der Waals surface area (Å²) in [6.07, 6.45) is 3.53. The molecule has 1 heterocycles. The molecule has 0 aliphatic heterocycles. The fraction of sp³-hybridized carbons (Fsp3) is 0.500. The average molecular weight is 236 g/mol. The number of amides is 1. The van der Waals surface area contributed by atoms with Gasteiger partial charge in [-0.3, -0.25) is 9.59 Å². The molecule has 1 saturated carbocycles. The zero-order valence-corrected chi connectivity index (χ0v) is 9.77. The highest BCUT2D eigenvalue weighted by Gasteiger charge is 2.33. The first-order valence-corrected chi connectivity index (χ1v) is 5.74. The number of aliphatic hydroxyl groups is 1. The first-order valence-electron chi connectivity index (χ1n) is 5.74. The molecule has 0 unspecified atom stereocenters. The molecule has 1 aromatic rings. The molecular weight excluding hydrogens is 220 g/mol. The molecule has 1 aliphatic rings. The van der Waals surface area contributed by atoms with E-state index in [1.807, 2.05) is 0 Å². The zero-order valence-electron chi connectivity index (χ0n) is 9.77. The summed E-state index contributed by atoms with van der Waals surface area (Å²) in [6.45, 7) is 1.77. The lowest BCUT2D eigenvalue weighted by atomic mass is 10.2. The number of carbonyl (C=O) groups is 2. The van der Waals surface area contributed by atoms with E-state index in [4.69, 9.17) is 5.11 Å². The minimum atomic E-state index is -0.144. The molecule has 0 bridgehead atoms. The molecule has 1 amide bonds. The molecule has 5 heteroatoms. The summed E-state index contributed by atoms with van der Waals surface area (Å²) in [4.78, 5) is 27.7. The van der Waals surface area contributed by atoms with Crippen molar-refractivity contribution in [3.63, 3.8) is 0 Å². The third-order valence-corrected chi connectivity index (χ3v) is 2.91. The monoisotopic (exact) mass is 236 g/mol. The second kappa shape index (κ2) is 4.71. The Morgan fingerprint density at radius 3 is 2.71 bits per heavy atom. The molecule has 5 nitrogen and oxygen atoms in total. The van der Waals surface area contributed by atoms with E-state index in [1.165, 1.54) is 6.92 Å². The summed E-state index contributed by atoms with van der Waals surface area (Å²) in [6, 6.07) is 1.82. The van der Waals surface area contributed by atoms with Crippen molar-refractivity contribution in [1.82, 2.24) is 9.88 Å². The van der Waals surface area contributed by atoms with Crippen molar-refractivity contribution in [2.45, 2.75) is 25.8 Å². The number of rotatable bonds is 5. The quantitative estimate of drug-likeness (QED) is 0.743. The predicted molar refractivity (Wildman–Crippen MR) is 61.9 cm³/mol. The summed E-state index contributed by atoms with van der Waals surface area (Å²) in [5.41, 5.74) is 0.920. The summed E-state index contributed by atoms with van der Waals surface area (Å²) in [5.74, 6) is -0.213. The topological polar surface area (TPSA) is 73.4 Å². The third kappa shape index (κ3) is 2.55. The van der Waals surface area contributed by atoms with E-state index in [9.17, 15) is 9.59 Å². The Bertz CT molecular complexity index is 435. The molecule has 92 valence electrons. The first kappa shape index (κ1) is 11.9. The Morgan fingerprint density at radius 2 is 2.24 bits per heavy atom. The van der Waals surface area contributed by atoms with Crippen molar-refractivity contribution in [3.05, 3.63) is 23.5 Å². The Hall–Kier alpha value is -1.62. The normalized spacial score (nSPS) is 14.7. The Morgan fingerprint density at radius 1 is 1.53 bits per heavy atom. The van der Waals surface area contributed by atoms with Gasteiger partial charge in [0.25, 0.3) is 5.91 Å². The lowest BCUT2D eigenvalue weighted by Crippen LogP contribution is -2.35. The van der Waals surface area contributed by atoms with Crippen LogP contribution >= 0.6 is 0 Å². The van der Waals surface area contributed by atoms with Gasteiger partial charge in [0.05, 0.1) is 6.61 Å². The van der Waals surface area contributed by atoms with Crippen molar-refractivity contribution in [2.75, 3.05) is 13.2 Å². The van der Waals surface area contributed by atoms with E-state index in [0.29, 0.717) is 17.8 Å². The second-order valence-electron chi connectivity index (χ2n) is 4.31. The molecule has 17 heavy (non-hydrogen) atoms. The number of carbonyl (C=O) groups excluding carboxylic acids is 2. The van der Waals surface area contributed by atoms with Gasteiger partial charge in [-0.15, -0.1) is 0 Å². The standard InChI is InChI=1S/C12H16N2O3/c1-8(16)9-6-11(13-7-9)12(17)14(4-5-15)10-2-3-10/h6-7,10,13,15H,2-5H2,1H3. The van der Waals surface area contributed by atoms with E-state index in [1.54, 1.807) is 17.2 Å².